The molecular weight excluding hydrogens is 250 g/mol. The quantitative estimate of drug-likeness (QED) is 0.929. The molecule has 4 heteroatoms. The number of nitrogens with one attached hydrogen (secondary N) is 1. The normalized spacial score (nSPS) is 20.8. The zero-order chi connectivity index (χ0) is 13.8. The molecule has 0 bridgehead atoms. The highest BCUT2D eigenvalue weighted by molar-refractivity contribution is 5.31. The molecule has 2 unspecified atom stereocenters. The Bertz CT molecular complexity index is 532. The molecule has 1 N–H and O–H groups in total. The Hall–Kier alpha value is -1.65. The standard InChI is InChI=1S/C16H21N3O/c1-13(18-15-6-5-9-20-12-15)14-10-17-19(11-14)16-7-3-2-4-8-16/h2-4,7-8,10-11,13,15,18H,5-6,9,12H2,1H3. The van der Waals surface area contributed by atoms with Crippen LogP contribution in [0.25, 0.3) is 5.69 Å². The highest BCUT2D eigenvalue weighted by Crippen LogP contribution is 2.17. The Balaban J connectivity index is 1.66. The van der Waals surface area contributed by atoms with Gasteiger partial charge in [-0.3, -0.25) is 0 Å². The largest absolute Gasteiger partial charge is 0.380 e. The van der Waals surface area contributed by atoms with Crippen molar-refractivity contribution in [2.75, 3.05) is 13.2 Å². The second-order valence-electron chi connectivity index (χ2n) is 5.36. The minimum atomic E-state index is 0.291. The van der Waals surface area contributed by atoms with Gasteiger partial charge >= 0.3 is 0 Å². The van der Waals surface area contributed by atoms with Gasteiger partial charge in [0.15, 0.2) is 0 Å². The van der Waals surface area contributed by atoms with Gasteiger partial charge in [0, 0.05) is 30.5 Å². The van der Waals surface area contributed by atoms with E-state index in [4.69, 9.17) is 4.74 Å². The van der Waals surface area contributed by atoms with Crippen molar-refractivity contribution in [3.05, 3.63) is 48.3 Å². The third-order valence-electron chi connectivity index (χ3n) is 3.77. The third kappa shape index (κ3) is 3.08. The number of hydrogen-bond donors (Lipinski definition) is 1. The Kier molecular flexibility index (Phi) is 4.14. The van der Waals surface area contributed by atoms with Gasteiger partial charge in [-0.25, -0.2) is 4.68 Å². The van der Waals surface area contributed by atoms with Gasteiger partial charge in [0.25, 0.3) is 0 Å². The number of rotatable bonds is 4. The molecule has 1 aliphatic rings. The van der Waals surface area contributed by atoms with Crippen LogP contribution in [-0.4, -0.2) is 29.0 Å². The zero-order valence-electron chi connectivity index (χ0n) is 11.8. The first kappa shape index (κ1) is 13.3. The van der Waals surface area contributed by atoms with Crippen molar-refractivity contribution < 1.29 is 4.74 Å². The van der Waals surface area contributed by atoms with Crippen LogP contribution in [0.3, 0.4) is 0 Å². The lowest BCUT2D eigenvalue weighted by Crippen LogP contribution is -2.38. The molecule has 0 amide bonds. The van der Waals surface area contributed by atoms with Gasteiger partial charge in [-0.1, -0.05) is 18.2 Å². The maximum absolute atomic E-state index is 5.51. The molecule has 1 saturated heterocycles. The molecule has 106 valence electrons. The van der Waals surface area contributed by atoms with Gasteiger partial charge in [0.1, 0.15) is 0 Å². The van der Waals surface area contributed by atoms with E-state index in [9.17, 15) is 0 Å². The molecular formula is C16H21N3O. The van der Waals surface area contributed by atoms with Crippen LogP contribution >= 0.6 is 0 Å². The fourth-order valence-corrected chi connectivity index (χ4v) is 2.60. The first-order valence-electron chi connectivity index (χ1n) is 7.27. The molecule has 2 aromatic rings. The molecule has 0 aliphatic carbocycles. The van der Waals surface area contributed by atoms with Gasteiger partial charge in [-0.15, -0.1) is 0 Å². The highest BCUT2D eigenvalue weighted by atomic mass is 16.5. The fourth-order valence-electron chi connectivity index (χ4n) is 2.60. The van der Waals surface area contributed by atoms with Gasteiger partial charge in [-0.2, -0.15) is 5.10 Å². The molecule has 2 heterocycles. The molecule has 1 aliphatic heterocycles. The van der Waals surface area contributed by atoms with Gasteiger partial charge < -0.3 is 10.1 Å². The van der Waals surface area contributed by atoms with E-state index in [0.29, 0.717) is 12.1 Å². The molecule has 1 aromatic carbocycles. The lowest BCUT2D eigenvalue weighted by Gasteiger charge is -2.26. The Morgan fingerprint density at radius 2 is 2.20 bits per heavy atom. The maximum atomic E-state index is 5.51. The zero-order valence-corrected chi connectivity index (χ0v) is 11.8. The van der Waals surface area contributed by atoms with Gasteiger partial charge in [-0.05, 0) is 31.9 Å². The number of aromatic nitrogens is 2. The lowest BCUT2D eigenvalue weighted by molar-refractivity contribution is 0.0671. The summed E-state index contributed by atoms with van der Waals surface area (Å²) in [7, 11) is 0. The van der Waals surface area contributed by atoms with E-state index < -0.39 is 0 Å². The third-order valence-corrected chi connectivity index (χ3v) is 3.77. The average Bonchev–Trinajstić information content (AvgIpc) is 2.99. The highest BCUT2D eigenvalue weighted by Gasteiger charge is 2.17. The van der Waals surface area contributed by atoms with Crippen molar-refractivity contribution >= 4 is 0 Å². The number of benzene rings is 1. The first-order valence-corrected chi connectivity index (χ1v) is 7.27. The molecule has 4 nitrogen and oxygen atoms in total. The van der Waals surface area contributed by atoms with Crippen LogP contribution in [0.1, 0.15) is 31.4 Å². The molecule has 1 aromatic heterocycles. The van der Waals surface area contributed by atoms with Crippen LogP contribution in [-0.2, 0) is 4.74 Å². The molecule has 2 atom stereocenters. The summed E-state index contributed by atoms with van der Waals surface area (Å²) < 4.78 is 7.43. The minimum absolute atomic E-state index is 0.291. The van der Waals surface area contributed by atoms with E-state index in [1.54, 1.807) is 0 Å². The molecule has 3 rings (SSSR count). The second kappa shape index (κ2) is 6.20. The van der Waals surface area contributed by atoms with Crippen LogP contribution < -0.4 is 5.32 Å². The number of ether oxygens (including phenoxy) is 1. The van der Waals surface area contributed by atoms with E-state index in [0.717, 1.165) is 25.3 Å². The van der Waals surface area contributed by atoms with E-state index in [1.807, 2.05) is 29.1 Å². The van der Waals surface area contributed by atoms with Crippen molar-refractivity contribution in [3.8, 4) is 5.69 Å². The fraction of sp³-hybridized carbons (Fsp3) is 0.438. The SMILES string of the molecule is CC(NC1CCCOC1)c1cnn(-c2ccccc2)c1. The van der Waals surface area contributed by atoms with E-state index in [2.05, 4.69) is 35.7 Å². The Morgan fingerprint density at radius 3 is 2.95 bits per heavy atom. The number of hydrogen-bond acceptors (Lipinski definition) is 3. The Labute approximate surface area is 119 Å². The van der Waals surface area contributed by atoms with Crippen molar-refractivity contribution in [2.45, 2.75) is 31.8 Å². The summed E-state index contributed by atoms with van der Waals surface area (Å²) in [4.78, 5) is 0. The van der Waals surface area contributed by atoms with Crippen LogP contribution in [0.5, 0.6) is 0 Å². The van der Waals surface area contributed by atoms with Gasteiger partial charge in [0.05, 0.1) is 18.5 Å². The van der Waals surface area contributed by atoms with E-state index >= 15 is 0 Å². The van der Waals surface area contributed by atoms with Crippen LogP contribution in [0, 0.1) is 0 Å². The minimum Gasteiger partial charge on any atom is -0.380 e. The number of para-hydroxylation sites is 1. The lowest BCUT2D eigenvalue weighted by atomic mass is 10.1. The summed E-state index contributed by atoms with van der Waals surface area (Å²) in [6, 6.07) is 10.9. The molecule has 20 heavy (non-hydrogen) atoms. The van der Waals surface area contributed by atoms with Crippen molar-refractivity contribution in [3.63, 3.8) is 0 Å². The molecule has 1 fully saturated rings. The molecule has 0 saturated carbocycles. The predicted molar refractivity (Wildman–Crippen MR) is 79.0 cm³/mol. The van der Waals surface area contributed by atoms with Gasteiger partial charge in [0.2, 0.25) is 0 Å². The summed E-state index contributed by atoms with van der Waals surface area (Å²) in [5, 5.41) is 8.07. The number of nitrogens with zero attached hydrogens (tertiary/aromatic N) is 2. The van der Waals surface area contributed by atoms with Crippen LogP contribution in [0.2, 0.25) is 0 Å². The summed E-state index contributed by atoms with van der Waals surface area (Å²) in [6.45, 7) is 3.90. The van der Waals surface area contributed by atoms with Crippen molar-refractivity contribution in [1.82, 2.24) is 15.1 Å². The summed E-state index contributed by atoms with van der Waals surface area (Å²) in [5.74, 6) is 0. The monoisotopic (exact) mass is 271 g/mol. The van der Waals surface area contributed by atoms with Crippen LogP contribution in [0.15, 0.2) is 42.7 Å². The summed E-state index contributed by atoms with van der Waals surface area (Å²) >= 11 is 0. The maximum Gasteiger partial charge on any atom is 0.0645 e. The topological polar surface area (TPSA) is 39.1 Å². The van der Waals surface area contributed by atoms with Crippen LogP contribution in [0.4, 0.5) is 0 Å². The van der Waals surface area contributed by atoms with E-state index in [1.165, 1.54) is 12.0 Å². The van der Waals surface area contributed by atoms with Crippen molar-refractivity contribution in [1.29, 1.82) is 0 Å². The Morgan fingerprint density at radius 1 is 1.35 bits per heavy atom. The smallest absolute Gasteiger partial charge is 0.0645 e. The summed E-state index contributed by atoms with van der Waals surface area (Å²) in [6.07, 6.45) is 6.37. The van der Waals surface area contributed by atoms with E-state index in [-0.39, 0.29) is 0 Å². The second-order valence-corrected chi connectivity index (χ2v) is 5.36. The molecule has 0 radical (unpaired) electrons. The summed E-state index contributed by atoms with van der Waals surface area (Å²) in [5.41, 5.74) is 2.30. The first-order chi connectivity index (χ1) is 9.83. The molecule has 0 spiro atoms. The average molecular weight is 271 g/mol. The van der Waals surface area contributed by atoms with Crippen molar-refractivity contribution in [2.24, 2.45) is 0 Å². The predicted octanol–water partition coefficient (Wildman–Crippen LogP) is 2.70.